The molecule has 6 nitrogen and oxygen atoms in total. The number of nitrogens with two attached hydrogens (primary N) is 1. The second-order valence-electron chi connectivity index (χ2n) is 7.17. The zero-order chi connectivity index (χ0) is 18.9. The first-order valence-corrected chi connectivity index (χ1v) is 10.4. The van der Waals surface area contributed by atoms with E-state index in [9.17, 15) is 0 Å². The van der Waals surface area contributed by atoms with E-state index in [4.69, 9.17) is 5.73 Å². The highest BCUT2D eigenvalue weighted by molar-refractivity contribution is 8.00. The molecule has 0 bridgehead atoms. The molecule has 142 valence electrons. The van der Waals surface area contributed by atoms with Crippen molar-refractivity contribution >= 4 is 29.0 Å². The van der Waals surface area contributed by atoms with E-state index in [1.54, 1.807) is 6.33 Å². The van der Waals surface area contributed by atoms with Crippen molar-refractivity contribution in [1.82, 2.24) is 15.0 Å². The van der Waals surface area contributed by atoms with E-state index in [1.165, 1.54) is 10.5 Å². The predicted molar refractivity (Wildman–Crippen MR) is 113 cm³/mol. The van der Waals surface area contributed by atoms with Gasteiger partial charge in [0.05, 0.1) is 18.1 Å². The van der Waals surface area contributed by atoms with Crippen LogP contribution < -0.4 is 15.5 Å². The Balaban J connectivity index is 1.62. The molecule has 0 saturated carbocycles. The SMILES string of the molecule is NC1CCCN(c2ncncc2N2c3cnccc3S[C@H]2c2ccccc2)C1. The van der Waals surface area contributed by atoms with E-state index in [0.29, 0.717) is 0 Å². The van der Waals surface area contributed by atoms with Crippen LogP contribution in [0.25, 0.3) is 0 Å². The van der Waals surface area contributed by atoms with Gasteiger partial charge in [0.25, 0.3) is 0 Å². The number of piperidine rings is 1. The number of hydrogen-bond acceptors (Lipinski definition) is 7. The maximum atomic E-state index is 6.25. The molecule has 2 atom stereocenters. The summed E-state index contributed by atoms with van der Waals surface area (Å²) < 4.78 is 0. The van der Waals surface area contributed by atoms with Crippen molar-refractivity contribution in [1.29, 1.82) is 0 Å². The Morgan fingerprint density at radius 2 is 1.89 bits per heavy atom. The highest BCUT2D eigenvalue weighted by atomic mass is 32.2. The lowest BCUT2D eigenvalue weighted by atomic mass is 10.1. The minimum absolute atomic E-state index is 0.114. The summed E-state index contributed by atoms with van der Waals surface area (Å²) in [6.07, 6.45) is 9.48. The van der Waals surface area contributed by atoms with Crippen molar-refractivity contribution in [2.24, 2.45) is 5.73 Å². The third kappa shape index (κ3) is 3.10. The summed E-state index contributed by atoms with van der Waals surface area (Å²) in [5.74, 6) is 0.948. The van der Waals surface area contributed by atoms with E-state index in [1.807, 2.05) is 36.4 Å². The van der Waals surface area contributed by atoms with Crippen LogP contribution in [-0.2, 0) is 0 Å². The molecule has 1 aromatic carbocycles. The quantitative estimate of drug-likeness (QED) is 0.730. The molecule has 2 aliphatic rings. The third-order valence-electron chi connectivity index (χ3n) is 5.27. The van der Waals surface area contributed by atoms with Gasteiger partial charge < -0.3 is 15.5 Å². The molecule has 2 aromatic heterocycles. The van der Waals surface area contributed by atoms with Crippen molar-refractivity contribution in [2.45, 2.75) is 29.2 Å². The number of pyridine rings is 1. The fourth-order valence-corrected chi connectivity index (χ4v) is 5.25. The zero-order valence-electron chi connectivity index (χ0n) is 15.5. The molecule has 3 aromatic rings. The van der Waals surface area contributed by atoms with Crippen molar-refractivity contribution in [3.05, 3.63) is 66.9 Å². The number of rotatable bonds is 3. The molecule has 1 saturated heterocycles. The van der Waals surface area contributed by atoms with Crippen LogP contribution in [0, 0.1) is 0 Å². The molecule has 0 spiro atoms. The molecular weight excluding hydrogens is 368 g/mol. The van der Waals surface area contributed by atoms with E-state index >= 15 is 0 Å². The van der Waals surface area contributed by atoms with Crippen LogP contribution in [0.3, 0.4) is 0 Å². The summed E-state index contributed by atoms with van der Waals surface area (Å²) in [7, 11) is 0. The van der Waals surface area contributed by atoms with Gasteiger partial charge >= 0.3 is 0 Å². The van der Waals surface area contributed by atoms with Gasteiger partial charge in [0.2, 0.25) is 0 Å². The maximum absolute atomic E-state index is 6.25. The summed E-state index contributed by atoms with van der Waals surface area (Å²) in [4.78, 5) is 19.3. The van der Waals surface area contributed by atoms with E-state index in [2.05, 4.69) is 55.1 Å². The molecule has 5 rings (SSSR count). The normalized spacial score (nSPS) is 21.6. The fourth-order valence-electron chi connectivity index (χ4n) is 3.98. The smallest absolute Gasteiger partial charge is 0.156 e. The van der Waals surface area contributed by atoms with Crippen molar-refractivity contribution in [2.75, 3.05) is 22.9 Å². The van der Waals surface area contributed by atoms with Crippen molar-refractivity contribution < 1.29 is 0 Å². The number of benzene rings is 1. The van der Waals surface area contributed by atoms with E-state index in [0.717, 1.165) is 43.1 Å². The molecule has 0 amide bonds. The Morgan fingerprint density at radius 3 is 2.75 bits per heavy atom. The number of fused-ring (bicyclic) bond motifs is 1. The van der Waals surface area contributed by atoms with E-state index in [-0.39, 0.29) is 11.4 Å². The molecule has 4 heterocycles. The number of nitrogens with zero attached hydrogens (tertiary/aromatic N) is 5. The van der Waals surface area contributed by atoms with Crippen molar-refractivity contribution in [3.63, 3.8) is 0 Å². The van der Waals surface area contributed by atoms with Gasteiger partial charge in [0, 0.05) is 30.2 Å². The summed E-state index contributed by atoms with van der Waals surface area (Å²) >= 11 is 1.84. The number of thioether (sulfide) groups is 1. The average molecular weight is 391 g/mol. The Morgan fingerprint density at radius 1 is 1.04 bits per heavy atom. The lowest BCUT2D eigenvalue weighted by Crippen LogP contribution is -2.43. The Labute approximate surface area is 168 Å². The largest absolute Gasteiger partial charge is 0.353 e. The molecule has 0 radical (unpaired) electrons. The average Bonchev–Trinajstić information content (AvgIpc) is 3.14. The fraction of sp³-hybridized carbons (Fsp3) is 0.286. The van der Waals surface area contributed by atoms with Crippen LogP contribution in [0.1, 0.15) is 23.8 Å². The Hall–Kier alpha value is -2.64. The topological polar surface area (TPSA) is 71.2 Å². The molecular formula is C21H22N6S. The molecule has 2 aliphatic heterocycles. The first-order valence-electron chi connectivity index (χ1n) is 9.56. The minimum Gasteiger partial charge on any atom is -0.353 e. The first kappa shape index (κ1) is 17.5. The second kappa shape index (κ2) is 7.41. The monoisotopic (exact) mass is 390 g/mol. The highest BCUT2D eigenvalue weighted by Gasteiger charge is 2.35. The number of hydrogen-bond donors (Lipinski definition) is 1. The predicted octanol–water partition coefficient (Wildman–Crippen LogP) is 3.74. The van der Waals surface area contributed by atoms with Gasteiger partial charge in [-0.15, -0.1) is 0 Å². The lowest BCUT2D eigenvalue weighted by molar-refractivity contribution is 0.503. The summed E-state index contributed by atoms with van der Waals surface area (Å²) in [5.41, 5.74) is 9.59. The second-order valence-corrected chi connectivity index (χ2v) is 8.30. The first-order chi connectivity index (χ1) is 13.8. The van der Waals surface area contributed by atoms with Gasteiger partial charge in [0.1, 0.15) is 17.4 Å². The summed E-state index contributed by atoms with van der Waals surface area (Å²) in [6.45, 7) is 1.79. The van der Waals surface area contributed by atoms with Crippen LogP contribution in [0.2, 0.25) is 0 Å². The van der Waals surface area contributed by atoms with Gasteiger partial charge in [-0.3, -0.25) is 4.98 Å². The maximum Gasteiger partial charge on any atom is 0.156 e. The third-order valence-corrected chi connectivity index (χ3v) is 6.57. The van der Waals surface area contributed by atoms with Crippen LogP contribution in [0.15, 0.2) is 66.2 Å². The number of aromatic nitrogens is 3. The van der Waals surface area contributed by atoms with Gasteiger partial charge in [0.15, 0.2) is 5.82 Å². The van der Waals surface area contributed by atoms with Gasteiger partial charge in [-0.05, 0) is 24.5 Å². The zero-order valence-corrected chi connectivity index (χ0v) is 16.3. The van der Waals surface area contributed by atoms with Crippen LogP contribution in [-0.4, -0.2) is 34.1 Å². The Bertz CT molecular complexity index is 966. The molecule has 7 heteroatoms. The van der Waals surface area contributed by atoms with Crippen molar-refractivity contribution in [3.8, 4) is 0 Å². The molecule has 2 N–H and O–H groups in total. The standard InChI is InChI=1S/C21H22N6S/c22-16-7-4-10-26(13-16)20-18(12-24-14-25-20)27-17-11-23-9-8-19(17)28-21(27)15-5-2-1-3-6-15/h1-3,5-6,8-9,11-12,14,16,21H,4,7,10,13,22H2/t16?,21-/m0/s1. The van der Waals surface area contributed by atoms with Gasteiger partial charge in [-0.2, -0.15) is 0 Å². The number of anilines is 3. The van der Waals surface area contributed by atoms with Crippen LogP contribution >= 0.6 is 11.8 Å². The van der Waals surface area contributed by atoms with Crippen LogP contribution in [0.5, 0.6) is 0 Å². The summed E-state index contributed by atoms with van der Waals surface area (Å²) in [5, 5.41) is 0.114. The lowest BCUT2D eigenvalue weighted by Gasteiger charge is -2.35. The van der Waals surface area contributed by atoms with E-state index < -0.39 is 0 Å². The molecule has 1 fully saturated rings. The molecule has 28 heavy (non-hydrogen) atoms. The highest BCUT2D eigenvalue weighted by Crippen LogP contribution is 2.55. The van der Waals surface area contributed by atoms with Gasteiger partial charge in [-0.25, -0.2) is 9.97 Å². The Kier molecular flexibility index (Phi) is 4.62. The summed E-state index contributed by atoms with van der Waals surface area (Å²) in [6, 6.07) is 12.8. The van der Waals surface area contributed by atoms with Gasteiger partial charge in [-0.1, -0.05) is 42.1 Å². The minimum atomic E-state index is 0.114. The molecule has 0 aliphatic carbocycles. The van der Waals surface area contributed by atoms with Crippen LogP contribution in [0.4, 0.5) is 17.2 Å². The molecule has 1 unspecified atom stereocenters.